The summed E-state index contributed by atoms with van der Waals surface area (Å²) < 4.78 is 0. The molecule has 0 amide bonds. The zero-order valence-electron chi connectivity index (χ0n) is 11.7. The molecule has 0 radical (unpaired) electrons. The van der Waals surface area contributed by atoms with Crippen LogP contribution >= 0.6 is 23.1 Å². The lowest BCUT2D eigenvalue weighted by Gasteiger charge is -2.19. The van der Waals surface area contributed by atoms with Gasteiger partial charge >= 0.3 is 0 Å². The van der Waals surface area contributed by atoms with Gasteiger partial charge in [0, 0.05) is 15.7 Å². The molecular formula is C18H16OS2. The fourth-order valence-corrected chi connectivity index (χ4v) is 4.03. The average molecular weight is 312 g/mol. The highest BCUT2D eigenvalue weighted by atomic mass is 32.2. The molecule has 0 aliphatic carbocycles. The molecule has 0 saturated carbocycles. The highest BCUT2D eigenvalue weighted by Gasteiger charge is 2.20. The molecule has 1 N–H and O–H groups in total. The van der Waals surface area contributed by atoms with Crippen molar-refractivity contribution in [3.05, 3.63) is 82.0 Å². The van der Waals surface area contributed by atoms with E-state index < -0.39 is 0 Å². The van der Waals surface area contributed by atoms with Crippen molar-refractivity contribution in [1.82, 2.24) is 0 Å². The number of hydrogen-bond acceptors (Lipinski definition) is 3. The van der Waals surface area contributed by atoms with E-state index in [0.29, 0.717) is 5.75 Å². The van der Waals surface area contributed by atoms with Gasteiger partial charge in [-0.1, -0.05) is 36.4 Å². The third-order valence-corrected chi connectivity index (χ3v) is 5.25. The monoisotopic (exact) mass is 312 g/mol. The first-order chi connectivity index (χ1) is 10.3. The standard InChI is InChI=1S/C18H16OS2/c1-20-16-6-3-2-5-15(16)18(17-7-4-12-21-17)13-8-10-14(19)11-9-13/h2-12,18-19H,1H3. The molecule has 0 aliphatic heterocycles. The minimum absolute atomic E-state index is 0.217. The van der Waals surface area contributed by atoms with E-state index in [9.17, 15) is 5.11 Å². The van der Waals surface area contributed by atoms with Crippen molar-refractivity contribution < 1.29 is 5.11 Å². The molecule has 106 valence electrons. The molecule has 1 unspecified atom stereocenters. The second-order valence-corrected chi connectivity index (χ2v) is 6.61. The number of rotatable bonds is 4. The number of phenols is 1. The maximum atomic E-state index is 9.54. The van der Waals surface area contributed by atoms with Gasteiger partial charge in [-0.2, -0.15) is 0 Å². The molecule has 21 heavy (non-hydrogen) atoms. The molecule has 0 saturated heterocycles. The highest BCUT2D eigenvalue weighted by Crippen LogP contribution is 2.39. The van der Waals surface area contributed by atoms with E-state index in [1.165, 1.54) is 20.9 Å². The van der Waals surface area contributed by atoms with Crippen LogP contribution in [0.4, 0.5) is 0 Å². The number of phenolic OH excluding ortho intramolecular Hbond substituents is 1. The molecule has 3 aromatic rings. The molecule has 1 atom stereocenters. The summed E-state index contributed by atoms with van der Waals surface area (Å²) in [4.78, 5) is 2.62. The predicted octanol–water partition coefficient (Wildman–Crippen LogP) is 5.36. The fourth-order valence-electron chi connectivity index (χ4n) is 2.52. The molecular weight excluding hydrogens is 296 g/mol. The summed E-state index contributed by atoms with van der Waals surface area (Å²) in [6.45, 7) is 0. The van der Waals surface area contributed by atoms with E-state index in [4.69, 9.17) is 0 Å². The Morgan fingerprint density at radius 1 is 0.952 bits per heavy atom. The Balaban J connectivity index is 2.15. The Kier molecular flexibility index (Phi) is 4.32. The van der Waals surface area contributed by atoms with E-state index in [0.717, 1.165) is 0 Å². The Morgan fingerprint density at radius 3 is 2.38 bits per heavy atom. The summed E-state index contributed by atoms with van der Waals surface area (Å²) in [7, 11) is 0. The van der Waals surface area contributed by atoms with Crippen molar-refractivity contribution >= 4 is 23.1 Å². The SMILES string of the molecule is CSc1ccccc1C(c1ccc(O)cc1)c1cccs1. The van der Waals surface area contributed by atoms with E-state index in [-0.39, 0.29) is 5.92 Å². The van der Waals surface area contributed by atoms with Crippen molar-refractivity contribution in [2.75, 3.05) is 6.26 Å². The summed E-state index contributed by atoms with van der Waals surface area (Å²) in [5.74, 6) is 0.524. The molecule has 1 aromatic heterocycles. The molecule has 0 spiro atoms. The van der Waals surface area contributed by atoms with E-state index in [1.807, 2.05) is 12.1 Å². The molecule has 2 aromatic carbocycles. The van der Waals surface area contributed by atoms with Gasteiger partial charge in [-0.25, -0.2) is 0 Å². The van der Waals surface area contributed by atoms with Gasteiger partial charge in [0.05, 0.1) is 0 Å². The van der Waals surface area contributed by atoms with Gasteiger partial charge in [0.1, 0.15) is 5.75 Å². The van der Waals surface area contributed by atoms with Gasteiger partial charge in [0.25, 0.3) is 0 Å². The van der Waals surface area contributed by atoms with Crippen LogP contribution in [-0.4, -0.2) is 11.4 Å². The van der Waals surface area contributed by atoms with Crippen molar-refractivity contribution in [2.45, 2.75) is 10.8 Å². The molecule has 1 heterocycles. The number of thiophene rings is 1. The van der Waals surface area contributed by atoms with E-state index in [1.54, 1.807) is 35.2 Å². The number of aromatic hydroxyl groups is 1. The first kappa shape index (κ1) is 14.2. The Bertz CT molecular complexity index is 702. The zero-order valence-corrected chi connectivity index (χ0v) is 13.3. The van der Waals surface area contributed by atoms with Gasteiger partial charge < -0.3 is 5.11 Å². The van der Waals surface area contributed by atoms with Gasteiger partial charge in [0.2, 0.25) is 0 Å². The summed E-state index contributed by atoms with van der Waals surface area (Å²) >= 11 is 3.55. The quantitative estimate of drug-likeness (QED) is 0.655. The van der Waals surface area contributed by atoms with Gasteiger partial charge in [-0.05, 0) is 47.0 Å². The van der Waals surface area contributed by atoms with Crippen LogP contribution < -0.4 is 0 Å². The van der Waals surface area contributed by atoms with Gasteiger partial charge in [-0.3, -0.25) is 0 Å². The second-order valence-electron chi connectivity index (χ2n) is 4.78. The zero-order chi connectivity index (χ0) is 14.7. The van der Waals surface area contributed by atoms with Crippen molar-refractivity contribution in [1.29, 1.82) is 0 Å². The van der Waals surface area contributed by atoms with Crippen LogP contribution in [0.2, 0.25) is 0 Å². The maximum Gasteiger partial charge on any atom is 0.115 e. The number of thioether (sulfide) groups is 1. The largest absolute Gasteiger partial charge is 0.508 e. The van der Waals surface area contributed by atoms with E-state index >= 15 is 0 Å². The number of benzene rings is 2. The van der Waals surface area contributed by atoms with Crippen LogP contribution in [0.3, 0.4) is 0 Å². The lowest BCUT2D eigenvalue weighted by Crippen LogP contribution is -2.02. The lowest BCUT2D eigenvalue weighted by atomic mass is 9.90. The fraction of sp³-hybridized carbons (Fsp3) is 0.111. The molecule has 3 heteroatoms. The normalized spacial score (nSPS) is 12.2. The lowest BCUT2D eigenvalue weighted by molar-refractivity contribution is 0.475. The predicted molar refractivity (Wildman–Crippen MR) is 91.6 cm³/mol. The second kappa shape index (κ2) is 6.37. The highest BCUT2D eigenvalue weighted by molar-refractivity contribution is 7.98. The van der Waals surface area contributed by atoms with Crippen molar-refractivity contribution in [3.8, 4) is 5.75 Å². The smallest absolute Gasteiger partial charge is 0.115 e. The third kappa shape index (κ3) is 2.99. The Morgan fingerprint density at radius 2 is 1.71 bits per heavy atom. The molecule has 0 bridgehead atoms. The summed E-state index contributed by atoms with van der Waals surface area (Å²) in [5.41, 5.74) is 2.52. The van der Waals surface area contributed by atoms with Crippen molar-refractivity contribution in [2.24, 2.45) is 0 Å². The minimum atomic E-state index is 0.217. The topological polar surface area (TPSA) is 20.2 Å². The third-order valence-electron chi connectivity index (χ3n) is 3.50. The van der Waals surface area contributed by atoms with Crippen LogP contribution in [-0.2, 0) is 0 Å². The Labute approximate surface area is 133 Å². The van der Waals surface area contributed by atoms with Gasteiger partial charge in [-0.15, -0.1) is 23.1 Å². The molecule has 1 nitrogen and oxygen atoms in total. The average Bonchev–Trinajstić information content (AvgIpc) is 3.04. The number of hydrogen-bond donors (Lipinski definition) is 1. The first-order valence-corrected chi connectivity index (χ1v) is 8.85. The molecule has 0 fully saturated rings. The van der Waals surface area contributed by atoms with Crippen LogP contribution in [0.5, 0.6) is 5.75 Å². The summed E-state index contributed by atoms with van der Waals surface area (Å²) in [6.07, 6.45) is 2.11. The summed E-state index contributed by atoms with van der Waals surface area (Å²) in [6, 6.07) is 20.4. The molecule has 3 rings (SSSR count). The minimum Gasteiger partial charge on any atom is -0.508 e. The van der Waals surface area contributed by atoms with Crippen LogP contribution in [0.1, 0.15) is 21.9 Å². The van der Waals surface area contributed by atoms with E-state index in [2.05, 4.69) is 48.0 Å². The Hall–Kier alpha value is -1.71. The van der Waals surface area contributed by atoms with Crippen LogP contribution in [0.25, 0.3) is 0 Å². The van der Waals surface area contributed by atoms with Crippen LogP contribution in [0.15, 0.2) is 70.9 Å². The first-order valence-electron chi connectivity index (χ1n) is 6.75. The van der Waals surface area contributed by atoms with Gasteiger partial charge in [0.15, 0.2) is 0 Å². The van der Waals surface area contributed by atoms with Crippen molar-refractivity contribution in [3.63, 3.8) is 0 Å². The summed E-state index contributed by atoms with van der Waals surface area (Å²) in [5, 5.41) is 11.7. The molecule has 0 aliphatic rings. The van der Waals surface area contributed by atoms with Crippen LogP contribution in [0, 0.1) is 0 Å². The maximum absolute atomic E-state index is 9.54.